The molecular formula is C22H27BrN4O2. The highest BCUT2D eigenvalue weighted by Gasteiger charge is 2.31. The molecule has 0 radical (unpaired) electrons. The first kappa shape index (κ1) is 20.3. The highest BCUT2D eigenvalue weighted by molar-refractivity contribution is 9.10. The molecule has 2 aliphatic heterocycles. The van der Waals surface area contributed by atoms with Crippen molar-refractivity contribution in [2.24, 2.45) is 0 Å². The lowest BCUT2D eigenvalue weighted by Gasteiger charge is -2.29. The molecule has 2 atom stereocenters. The minimum atomic E-state index is -0.221. The Morgan fingerprint density at radius 3 is 2.48 bits per heavy atom. The van der Waals surface area contributed by atoms with Gasteiger partial charge in [0.15, 0.2) is 0 Å². The molecule has 7 heteroatoms. The second-order valence-corrected chi connectivity index (χ2v) is 8.56. The quantitative estimate of drug-likeness (QED) is 0.721. The van der Waals surface area contributed by atoms with Crippen molar-refractivity contribution >= 4 is 27.5 Å². The van der Waals surface area contributed by atoms with Crippen LogP contribution in [0.5, 0.6) is 0 Å². The number of carbonyl (C=O) groups is 1. The number of nitrogens with zero attached hydrogens (tertiary/aromatic N) is 2. The number of hydrazine groups is 1. The van der Waals surface area contributed by atoms with Gasteiger partial charge in [-0.1, -0.05) is 40.2 Å². The van der Waals surface area contributed by atoms with Crippen LogP contribution < -0.4 is 15.8 Å². The number of nitrogens with one attached hydrogen (secondary N) is 2. The zero-order chi connectivity index (χ0) is 20.2. The molecule has 0 aliphatic carbocycles. The average molecular weight is 459 g/mol. The van der Waals surface area contributed by atoms with E-state index in [1.807, 2.05) is 19.2 Å². The van der Waals surface area contributed by atoms with Crippen LogP contribution in [0, 0.1) is 0 Å². The van der Waals surface area contributed by atoms with Crippen molar-refractivity contribution in [2.75, 3.05) is 38.3 Å². The third kappa shape index (κ3) is 4.98. The first-order valence-corrected chi connectivity index (χ1v) is 10.8. The molecular weight excluding hydrogens is 432 g/mol. The van der Waals surface area contributed by atoms with Gasteiger partial charge >= 0.3 is 0 Å². The second-order valence-electron chi connectivity index (χ2n) is 7.64. The van der Waals surface area contributed by atoms with Crippen LogP contribution in [0.4, 0.5) is 5.69 Å². The van der Waals surface area contributed by atoms with E-state index in [1.54, 1.807) is 4.90 Å². The van der Waals surface area contributed by atoms with Gasteiger partial charge in [0.05, 0.1) is 13.2 Å². The van der Waals surface area contributed by atoms with E-state index in [0.29, 0.717) is 6.54 Å². The Hall–Kier alpha value is -1.93. The van der Waals surface area contributed by atoms with Gasteiger partial charge in [0, 0.05) is 42.9 Å². The first-order valence-electron chi connectivity index (χ1n) is 10.0. The molecule has 29 heavy (non-hydrogen) atoms. The number of halogens is 1. The summed E-state index contributed by atoms with van der Waals surface area (Å²) in [7, 11) is 1.87. The number of benzene rings is 2. The maximum Gasteiger partial charge on any atom is 0.241 e. The standard InChI is InChI=1S/C22H27BrN4O2/c1-26(15-16-2-8-19(9-3-16)27-10-12-29-13-11-27)22(28)21-14-20(24-25-21)17-4-6-18(23)7-5-17/h2-9,20-21,24-25H,10-15H2,1H3. The van der Waals surface area contributed by atoms with Crippen LogP contribution >= 0.6 is 15.9 Å². The molecule has 2 N–H and O–H groups in total. The van der Waals surface area contributed by atoms with E-state index in [4.69, 9.17) is 4.74 Å². The molecule has 0 spiro atoms. The summed E-state index contributed by atoms with van der Waals surface area (Å²) in [6, 6.07) is 16.6. The topological polar surface area (TPSA) is 56.8 Å². The number of morpholine rings is 1. The molecule has 2 heterocycles. The number of hydrogen-bond acceptors (Lipinski definition) is 5. The summed E-state index contributed by atoms with van der Waals surface area (Å²) < 4.78 is 6.47. The Bertz CT molecular complexity index is 822. The molecule has 0 saturated carbocycles. The summed E-state index contributed by atoms with van der Waals surface area (Å²) in [6.07, 6.45) is 0.737. The zero-order valence-corrected chi connectivity index (χ0v) is 18.2. The highest BCUT2D eigenvalue weighted by Crippen LogP contribution is 2.25. The van der Waals surface area contributed by atoms with Gasteiger partial charge < -0.3 is 14.5 Å². The lowest BCUT2D eigenvalue weighted by atomic mass is 10.0. The minimum absolute atomic E-state index is 0.106. The van der Waals surface area contributed by atoms with E-state index in [1.165, 1.54) is 11.3 Å². The Morgan fingerprint density at radius 1 is 1.10 bits per heavy atom. The van der Waals surface area contributed by atoms with Gasteiger partial charge in [-0.3, -0.25) is 4.79 Å². The summed E-state index contributed by atoms with van der Waals surface area (Å²) in [5.41, 5.74) is 9.95. The number of likely N-dealkylation sites (N-methyl/N-ethyl adjacent to an activating group) is 1. The van der Waals surface area contributed by atoms with Gasteiger partial charge in [0.1, 0.15) is 6.04 Å². The Kier molecular flexibility index (Phi) is 6.50. The Labute approximate surface area is 180 Å². The lowest BCUT2D eigenvalue weighted by Crippen LogP contribution is -2.43. The maximum atomic E-state index is 12.9. The molecule has 0 aromatic heterocycles. The molecule has 154 valence electrons. The van der Waals surface area contributed by atoms with E-state index in [-0.39, 0.29) is 18.0 Å². The second kappa shape index (κ2) is 9.26. The number of hydrogen-bond donors (Lipinski definition) is 2. The van der Waals surface area contributed by atoms with Gasteiger partial charge in [0.2, 0.25) is 5.91 Å². The lowest BCUT2D eigenvalue weighted by molar-refractivity contribution is -0.132. The fourth-order valence-corrected chi connectivity index (χ4v) is 4.15. The number of carbonyl (C=O) groups excluding carboxylic acids is 1. The molecule has 2 unspecified atom stereocenters. The van der Waals surface area contributed by atoms with Gasteiger partial charge in [0.25, 0.3) is 0 Å². The molecule has 6 nitrogen and oxygen atoms in total. The summed E-state index contributed by atoms with van der Waals surface area (Å²) in [6.45, 7) is 4.02. The zero-order valence-electron chi connectivity index (χ0n) is 16.6. The van der Waals surface area contributed by atoms with Crippen molar-refractivity contribution < 1.29 is 9.53 Å². The first-order chi connectivity index (χ1) is 14.1. The Morgan fingerprint density at radius 2 is 1.79 bits per heavy atom. The molecule has 2 aliphatic rings. The fraction of sp³-hybridized carbons (Fsp3) is 0.409. The minimum Gasteiger partial charge on any atom is -0.378 e. The van der Waals surface area contributed by atoms with E-state index >= 15 is 0 Å². The predicted octanol–water partition coefficient (Wildman–Crippen LogP) is 2.85. The summed E-state index contributed by atoms with van der Waals surface area (Å²) in [5, 5.41) is 0. The van der Waals surface area contributed by atoms with Gasteiger partial charge in [-0.25, -0.2) is 10.9 Å². The van der Waals surface area contributed by atoms with Crippen molar-refractivity contribution in [3.05, 3.63) is 64.1 Å². The fourth-order valence-electron chi connectivity index (χ4n) is 3.88. The summed E-state index contributed by atoms with van der Waals surface area (Å²) in [5.74, 6) is 0.106. The smallest absolute Gasteiger partial charge is 0.241 e. The van der Waals surface area contributed by atoms with E-state index in [9.17, 15) is 4.79 Å². The molecule has 0 bridgehead atoms. The van der Waals surface area contributed by atoms with Crippen molar-refractivity contribution in [1.82, 2.24) is 15.8 Å². The van der Waals surface area contributed by atoms with Crippen LogP contribution in [-0.4, -0.2) is 50.2 Å². The van der Waals surface area contributed by atoms with Crippen LogP contribution in [-0.2, 0) is 16.1 Å². The third-order valence-electron chi connectivity index (χ3n) is 5.58. The van der Waals surface area contributed by atoms with E-state index in [2.05, 4.69) is 68.1 Å². The van der Waals surface area contributed by atoms with E-state index < -0.39 is 0 Å². The largest absolute Gasteiger partial charge is 0.378 e. The Balaban J connectivity index is 1.32. The maximum absolute atomic E-state index is 12.9. The van der Waals surface area contributed by atoms with Crippen molar-refractivity contribution in [3.8, 4) is 0 Å². The summed E-state index contributed by atoms with van der Waals surface area (Å²) in [4.78, 5) is 17.0. The normalized spacial score (nSPS) is 21.9. The predicted molar refractivity (Wildman–Crippen MR) is 118 cm³/mol. The molecule has 2 aromatic rings. The van der Waals surface area contributed by atoms with Gasteiger partial charge in [-0.15, -0.1) is 0 Å². The molecule has 4 rings (SSSR count). The molecule has 1 amide bonds. The molecule has 2 fully saturated rings. The van der Waals surface area contributed by atoms with Crippen LogP contribution in [0.1, 0.15) is 23.6 Å². The van der Waals surface area contributed by atoms with Crippen molar-refractivity contribution in [1.29, 1.82) is 0 Å². The number of amides is 1. The van der Waals surface area contributed by atoms with Crippen LogP contribution in [0.25, 0.3) is 0 Å². The van der Waals surface area contributed by atoms with Gasteiger partial charge in [-0.2, -0.15) is 0 Å². The van der Waals surface area contributed by atoms with Crippen molar-refractivity contribution in [3.63, 3.8) is 0 Å². The van der Waals surface area contributed by atoms with Crippen molar-refractivity contribution in [2.45, 2.75) is 25.0 Å². The summed E-state index contributed by atoms with van der Waals surface area (Å²) >= 11 is 3.46. The van der Waals surface area contributed by atoms with Gasteiger partial charge in [-0.05, 0) is 41.8 Å². The van der Waals surface area contributed by atoms with Crippen LogP contribution in [0.2, 0.25) is 0 Å². The SMILES string of the molecule is CN(Cc1ccc(N2CCOCC2)cc1)C(=O)C1CC(c2ccc(Br)cc2)NN1. The molecule has 2 aromatic carbocycles. The average Bonchev–Trinajstić information content (AvgIpc) is 3.25. The van der Waals surface area contributed by atoms with E-state index in [0.717, 1.165) is 42.8 Å². The number of ether oxygens (including phenoxy) is 1. The number of rotatable bonds is 5. The van der Waals surface area contributed by atoms with Crippen LogP contribution in [0.15, 0.2) is 53.0 Å². The highest BCUT2D eigenvalue weighted by atomic mass is 79.9. The van der Waals surface area contributed by atoms with Crippen LogP contribution in [0.3, 0.4) is 0 Å². The third-order valence-corrected chi connectivity index (χ3v) is 6.11. The monoisotopic (exact) mass is 458 g/mol. The molecule has 2 saturated heterocycles. The number of anilines is 1.